The first-order valence-corrected chi connectivity index (χ1v) is 5.03. The molecule has 0 aliphatic heterocycles. The second-order valence-corrected chi connectivity index (χ2v) is 3.56. The fourth-order valence-electron chi connectivity index (χ4n) is 1.17. The SMILES string of the molecule is NC(=O)OCCNCc1cc(F)cc(Cl)c1. The van der Waals surface area contributed by atoms with Gasteiger partial charge in [0.25, 0.3) is 0 Å². The third-order valence-corrected chi connectivity index (χ3v) is 1.99. The number of hydrogen-bond acceptors (Lipinski definition) is 3. The summed E-state index contributed by atoms with van der Waals surface area (Å²) in [6, 6.07) is 4.28. The van der Waals surface area contributed by atoms with E-state index in [9.17, 15) is 9.18 Å². The Morgan fingerprint density at radius 1 is 1.50 bits per heavy atom. The highest BCUT2D eigenvalue weighted by Gasteiger charge is 1.99. The van der Waals surface area contributed by atoms with Crippen LogP contribution in [0.2, 0.25) is 5.02 Å². The summed E-state index contributed by atoms with van der Waals surface area (Å²) in [5.41, 5.74) is 5.50. The molecule has 0 spiro atoms. The molecule has 4 nitrogen and oxygen atoms in total. The van der Waals surface area contributed by atoms with Crippen LogP contribution >= 0.6 is 11.6 Å². The molecule has 16 heavy (non-hydrogen) atoms. The first-order valence-electron chi connectivity index (χ1n) is 4.66. The molecule has 3 N–H and O–H groups in total. The Morgan fingerprint density at radius 3 is 2.88 bits per heavy atom. The van der Waals surface area contributed by atoms with E-state index in [2.05, 4.69) is 10.1 Å². The summed E-state index contributed by atoms with van der Waals surface area (Å²) < 4.78 is 17.4. The molecule has 0 saturated carbocycles. The lowest BCUT2D eigenvalue weighted by Crippen LogP contribution is -2.23. The summed E-state index contributed by atoms with van der Waals surface area (Å²) in [5.74, 6) is -0.377. The van der Waals surface area contributed by atoms with Gasteiger partial charge in [0.2, 0.25) is 0 Å². The number of carbonyl (C=O) groups excluding carboxylic acids is 1. The topological polar surface area (TPSA) is 64.4 Å². The molecule has 0 aliphatic carbocycles. The quantitative estimate of drug-likeness (QED) is 0.777. The van der Waals surface area contributed by atoms with Crippen LogP contribution < -0.4 is 11.1 Å². The Kier molecular flexibility index (Phi) is 5.01. The van der Waals surface area contributed by atoms with E-state index in [0.717, 1.165) is 5.56 Å². The standard InChI is InChI=1S/C10H12ClFN2O2/c11-8-3-7(4-9(12)5-8)6-14-1-2-16-10(13)15/h3-5,14H,1-2,6H2,(H2,13,15). The van der Waals surface area contributed by atoms with E-state index in [-0.39, 0.29) is 12.4 Å². The van der Waals surface area contributed by atoms with Crippen molar-refractivity contribution in [1.82, 2.24) is 5.32 Å². The van der Waals surface area contributed by atoms with Gasteiger partial charge in [0, 0.05) is 18.1 Å². The molecule has 0 unspecified atom stereocenters. The van der Waals surface area contributed by atoms with Gasteiger partial charge in [0.15, 0.2) is 0 Å². The van der Waals surface area contributed by atoms with Gasteiger partial charge in [-0.05, 0) is 23.8 Å². The van der Waals surface area contributed by atoms with E-state index in [1.54, 1.807) is 6.07 Å². The van der Waals surface area contributed by atoms with E-state index in [0.29, 0.717) is 18.1 Å². The highest BCUT2D eigenvalue weighted by Crippen LogP contribution is 2.13. The average Bonchev–Trinajstić information content (AvgIpc) is 2.15. The fraction of sp³-hybridized carbons (Fsp3) is 0.300. The molecule has 0 radical (unpaired) electrons. The molecule has 0 aromatic heterocycles. The molecule has 0 saturated heterocycles. The van der Waals surface area contributed by atoms with Gasteiger partial charge in [-0.15, -0.1) is 0 Å². The fourth-order valence-corrected chi connectivity index (χ4v) is 1.41. The molecular weight excluding hydrogens is 235 g/mol. The molecule has 0 fully saturated rings. The number of primary amides is 1. The monoisotopic (exact) mass is 246 g/mol. The van der Waals surface area contributed by atoms with Crippen molar-refractivity contribution >= 4 is 17.7 Å². The van der Waals surface area contributed by atoms with Gasteiger partial charge in [0.1, 0.15) is 12.4 Å². The highest BCUT2D eigenvalue weighted by molar-refractivity contribution is 6.30. The lowest BCUT2D eigenvalue weighted by Gasteiger charge is -2.05. The van der Waals surface area contributed by atoms with Crippen molar-refractivity contribution in [3.63, 3.8) is 0 Å². The van der Waals surface area contributed by atoms with Crippen LogP contribution in [0.4, 0.5) is 9.18 Å². The van der Waals surface area contributed by atoms with Gasteiger partial charge in [-0.2, -0.15) is 0 Å². The van der Waals surface area contributed by atoms with Gasteiger partial charge in [-0.25, -0.2) is 9.18 Å². The summed E-state index contributed by atoms with van der Waals surface area (Å²) in [6.45, 7) is 1.06. The lowest BCUT2D eigenvalue weighted by molar-refractivity contribution is 0.157. The average molecular weight is 247 g/mol. The zero-order valence-corrected chi connectivity index (χ0v) is 9.26. The van der Waals surface area contributed by atoms with Gasteiger partial charge in [-0.1, -0.05) is 11.6 Å². The van der Waals surface area contributed by atoms with Crippen LogP contribution in [0.5, 0.6) is 0 Å². The lowest BCUT2D eigenvalue weighted by atomic mass is 10.2. The van der Waals surface area contributed by atoms with Crippen molar-refractivity contribution in [3.8, 4) is 0 Å². The number of ether oxygens (including phenoxy) is 1. The van der Waals surface area contributed by atoms with Crippen molar-refractivity contribution < 1.29 is 13.9 Å². The number of rotatable bonds is 5. The van der Waals surface area contributed by atoms with Gasteiger partial charge >= 0.3 is 6.09 Å². The van der Waals surface area contributed by atoms with Crippen LogP contribution in [0.3, 0.4) is 0 Å². The Morgan fingerprint density at radius 2 is 2.25 bits per heavy atom. The van der Waals surface area contributed by atoms with Crippen molar-refractivity contribution in [1.29, 1.82) is 0 Å². The molecule has 0 aliphatic rings. The van der Waals surface area contributed by atoms with E-state index in [4.69, 9.17) is 17.3 Å². The molecule has 0 atom stereocenters. The van der Waals surface area contributed by atoms with Gasteiger partial charge in [-0.3, -0.25) is 0 Å². The minimum absolute atomic E-state index is 0.179. The summed E-state index contributed by atoms with van der Waals surface area (Å²) >= 11 is 5.68. The normalized spacial score (nSPS) is 10.1. The second kappa shape index (κ2) is 6.30. The van der Waals surface area contributed by atoms with Crippen molar-refractivity contribution in [2.75, 3.05) is 13.2 Å². The van der Waals surface area contributed by atoms with Crippen molar-refractivity contribution in [2.24, 2.45) is 5.73 Å². The van der Waals surface area contributed by atoms with Crippen LogP contribution in [0.25, 0.3) is 0 Å². The maximum atomic E-state index is 12.9. The molecule has 0 heterocycles. The summed E-state index contributed by atoms with van der Waals surface area (Å²) in [7, 11) is 0. The maximum absolute atomic E-state index is 12.9. The Labute approximate surface area is 97.5 Å². The number of carbonyl (C=O) groups is 1. The second-order valence-electron chi connectivity index (χ2n) is 3.12. The number of benzene rings is 1. The minimum Gasteiger partial charge on any atom is -0.448 e. The number of nitrogens with one attached hydrogen (secondary N) is 1. The van der Waals surface area contributed by atoms with Crippen LogP contribution in [0, 0.1) is 5.82 Å². The Hall–Kier alpha value is -1.33. The van der Waals surface area contributed by atoms with Crippen molar-refractivity contribution in [3.05, 3.63) is 34.6 Å². The molecule has 6 heteroatoms. The number of hydrogen-bond donors (Lipinski definition) is 2. The minimum atomic E-state index is -0.810. The molecule has 1 rings (SSSR count). The summed E-state index contributed by atoms with van der Waals surface area (Å²) in [4.78, 5) is 10.2. The number of nitrogens with two attached hydrogens (primary N) is 1. The predicted molar refractivity (Wildman–Crippen MR) is 58.7 cm³/mol. The molecular formula is C10H12ClFN2O2. The van der Waals surface area contributed by atoms with Crippen LogP contribution in [-0.2, 0) is 11.3 Å². The summed E-state index contributed by atoms with van der Waals surface area (Å²) in [6.07, 6.45) is -0.810. The molecule has 88 valence electrons. The zero-order chi connectivity index (χ0) is 12.0. The number of halogens is 2. The highest BCUT2D eigenvalue weighted by atomic mass is 35.5. The number of amides is 1. The van der Waals surface area contributed by atoms with Gasteiger partial charge < -0.3 is 15.8 Å². The maximum Gasteiger partial charge on any atom is 0.404 e. The third kappa shape index (κ3) is 4.95. The first kappa shape index (κ1) is 12.7. The summed E-state index contributed by atoms with van der Waals surface area (Å²) in [5, 5.41) is 3.31. The Balaban J connectivity index is 2.29. The smallest absolute Gasteiger partial charge is 0.404 e. The van der Waals surface area contributed by atoms with E-state index >= 15 is 0 Å². The predicted octanol–water partition coefficient (Wildman–Crippen LogP) is 1.66. The van der Waals surface area contributed by atoms with E-state index in [1.165, 1.54) is 12.1 Å². The van der Waals surface area contributed by atoms with Crippen LogP contribution in [0.1, 0.15) is 5.56 Å². The molecule has 1 aromatic rings. The molecule has 1 amide bonds. The van der Waals surface area contributed by atoms with Crippen LogP contribution in [-0.4, -0.2) is 19.2 Å². The Bertz CT molecular complexity index is 354. The zero-order valence-electron chi connectivity index (χ0n) is 8.50. The first-order chi connectivity index (χ1) is 7.58. The molecule has 1 aromatic carbocycles. The molecule has 0 bridgehead atoms. The van der Waals surface area contributed by atoms with E-state index < -0.39 is 6.09 Å². The largest absolute Gasteiger partial charge is 0.448 e. The van der Waals surface area contributed by atoms with Crippen LogP contribution in [0.15, 0.2) is 18.2 Å². The van der Waals surface area contributed by atoms with Gasteiger partial charge in [0.05, 0.1) is 0 Å². The van der Waals surface area contributed by atoms with E-state index in [1.807, 2.05) is 0 Å². The van der Waals surface area contributed by atoms with Crippen molar-refractivity contribution in [2.45, 2.75) is 6.54 Å². The third-order valence-electron chi connectivity index (χ3n) is 1.77.